The van der Waals surface area contributed by atoms with Gasteiger partial charge in [0, 0.05) is 12.8 Å². The molecule has 2 nitrogen and oxygen atoms in total. The third-order valence-corrected chi connectivity index (χ3v) is 4.94. The second kappa shape index (κ2) is 7.44. The molecule has 0 saturated heterocycles. The molecule has 0 spiro atoms. The first-order valence-electron chi connectivity index (χ1n) is 9.75. The van der Waals surface area contributed by atoms with Crippen LogP contribution in [-0.4, -0.2) is 17.0 Å². The highest BCUT2D eigenvalue weighted by atomic mass is 16.7. The van der Waals surface area contributed by atoms with E-state index >= 15 is 0 Å². The quantitative estimate of drug-likeness (QED) is 0.461. The molecule has 0 amide bonds. The molecule has 1 atom stereocenters. The van der Waals surface area contributed by atoms with E-state index in [9.17, 15) is 0 Å². The molecular formula is C21H42O2. The van der Waals surface area contributed by atoms with Crippen molar-refractivity contribution >= 4 is 0 Å². The fourth-order valence-electron chi connectivity index (χ4n) is 4.91. The number of rotatable bonds is 8. The van der Waals surface area contributed by atoms with Gasteiger partial charge in [-0.3, -0.25) is 0 Å². The second-order valence-electron chi connectivity index (χ2n) is 9.99. The molecule has 1 aliphatic carbocycles. The number of hydrogen-bond donors (Lipinski definition) is 0. The zero-order chi connectivity index (χ0) is 17.9. The van der Waals surface area contributed by atoms with Crippen LogP contribution in [0.5, 0.6) is 0 Å². The lowest BCUT2D eigenvalue weighted by Crippen LogP contribution is -2.54. The molecule has 1 fully saturated rings. The van der Waals surface area contributed by atoms with Gasteiger partial charge in [0.2, 0.25) is 0 Å². The third-order valence-electron chi connectivity index (χ3n) is 4.94. The molecule has 2 heteroatoms. The van der Waals surface area contributed by atoms with Gasteiger partial charge in [-0.1, -0.05) is 47.5 Å². The number of ether oxygens (including phenoxy) is 2. The van der Waals surface area contributed by atoms with Crippen molar-refractivity contribution < 1.29 is 9.47 Å². The van der Waals surface area contributed by atoms with Crippen LogP contribution < -0.4 is 0 Å². The van der Waals surface area contributed by atoms with Gasteiger partial charge in [0.15, 0.2) is 5.79 Å². The zero-order valence-corrected chi connectivity index (χ0v) is 17.3. The Morgan fingerprint density at radius 1 is 0.870 bits per heavy atom. The van der Waals surface area contributed by atoms with Crippen LogP contribution in [0, 0.1) is 11.3 Å². The topological polar surface area (TPSA) is 18.5 Å². The van der Waals surface area contributed by atoms with E-state index in [4.69, 9.17) is 9.47 Å². The van der Waals surface area contributed by atoms with Crippen LogP contribution >= 0.6 is 0 Å². The molecule has 1 aliphatic rings. The predicted octanol–water partition coefficient (Wildman–Crippen LogP) is 6.72. The van der Waals surface area contributed by atoms with Gasteiger partial charge in [-0.15, -0.1) is 0 Å². The minimum Gasteiger partial charge on any atom is -0.344 e. The van der Waals surface area contributed by atoms with Gasteiger partial charge >= 0.3 is 0 Å². The minimum atomic E-state index is -0.446. The first-order chi connectivity index (χ1) is 10.3. The molecule has 0 aromatic carbocycles. The van der Waals surface area contributed by atoms with Crippen LogP contribution in [0.4, 0.5) is 0 Å². The van der Waals surface area contributed by atoms with E-state index in [0.717, 1.165) is 38.5 Å². The molecule has 23 heavy (non-hydrogen) atoms. The average molecular weight is 327 g/mol. The van der Waals surface area contributed by atoms with Crippen molar-refractivity contribution in [3.8, 4) is 0 Å². The highest BCUT2D eigenvalue weighted by molar-refractivity contribution is 4.93. The molecule has 0 aromatic rings. The molecule has 1 rings (SSSR count). The largest absolute Gasteiger partial charge is 0.344 e. The third kappa shape index (κ3) is 6.74. The van der Waals surface area contributed by atoms with E-state index in [0.29, 0.717) is 5.92 Å². The first kappa shape index (κ1) is 21.0. The van der Waals surface area contributed by atoms with Crippen LogP contribution in [0.25, 0.3) is 0 Å². The summed E-state index contributed by atoms with van der Waals surface area (Å²) in [6, 6.07) is 0. The molecular weight excluding hydrogens is 284 g/mol. The maximum atomic E-state index is 6.77. The van der Waals surface area contributed by atoms with Gasteiger partial charge in [-0.25, -0.2) is 0 Å². The summed E-state index contributed by atoms with van der Waals surface area (Å²) in [4.78, 5) is 0. The highest BCUT2D eigenvalue weighted by Crippen LogP contribution is 2.49. The van der Waals surface area contributed by atoms with Crippen molar-refractivity contribution in [3.63, 3.8) is 0 Å². The normalized spacial score (nSPS) is 24.7. The Kier molecular flexibility index (Phi) is 6.78. The van der Waals surface area contributed by atoms with Crippen LogP contribution in [0.1, 0.15) is 107 Å². The van der Waals surface area contributed by atoms with Crippen molar-refractivity contribution in [3.05, 3.63) is 0 Å². The predicted molar refractivity (Wildman–Crippen MR) is 99.7 cm³/mol. The molecule has 0 aliphatic heterocycles. The summed E-state index contributed by atoms with van der Waals surface area (Å²) in [5.74, 6) is 0.187. The molecule has 0 N–H and O–H groups in total. The average Bonchev–Trinajstić information content (AvgIpc) is 2.21. The Hall–Kier alpha value is -0.0800. The lowest BCUT2D eigenvalue weighted by Gasteiger charge is -2.52. The zero-order valence-electron chi connectivity index (χ0n) is 17.3. The first-order valence-corrected chi connectivity index (χ1v) is 9.75. The van der Waals surface area contributed by atoms with Crippen molar-refractivity contribution in [2.24, 2.45) is 11.3 Å². The Labute approximate surface area is 145 Å². The molecule has 138 valence electrons. The van der Waals surface area contributed by atoms with Gasteiger partial charge in [0.05, 0.1) is 11.2 Å². The summed E-state index contributed by atoms with van der Waals surface area (Å²) in [6.07, 6.45) is 7.67. The summed E-state index contributed by atoms with van der Waals surface area (Å²) in [6.45, 7) is 20.4. The highest BCUT2D eigenvalue weighted by Gasteiger charge is 2.49. The molecule has 0 aromatic heterocycles. The molecule has 1 saturated carbocycles. The van der Waals surface area contributed by atoms with Crippen LogP contribution in [0.15, 0.2) is 0 Å². The van der Waals surface area contributed by atoms with E-state index in [-0.39, 0.29) is 16.6 Å². The van der Waals surface area contributed by atoms with Crippen molar-refractivity contribution in [1.29, 1.82) is 0 Å². The van der Waals surface area contributed by atoms with Crippen molar-refractivity contribution in [2.45, 2.75) is 124 Å². The smallest absolute Gasteiger partial charge is 0.170 e. The summed E-state index contributed by atoms with van der Waals surface area (Å²) in [5, 5.41) is 0. The van der Waals surface area contributed by atoms with Crippen molar-refractivity contribution in [2.75, 3.05) is 0 Å². The summed E-state index contributed by atoms with van der Waals surface area (Å²) in [7, 11) is 0. The summed E-state index contributed by atoms with van der Waals surface area (Å²) >= 11 is 0. The van der Waals surface area contributed by atoms with E-state index in [1.54, 1.807) is 0 Å². The van der Waals surface area contributed by atoms with Gasteiger partial charge < -0.3 is 9.47 Å². The lowest BCUT2D eigenvalue weighted by atomic mass is 9.69. The monoisotopic (exact) mass is 326 g/mol. The van der Waals surface area contributed by atoms with Crippen molar-refractivity contribution in [1.82, 2.24) is 0 Å². The molecule has 0 heterocycles. The van der Waals surface area contributed by atoms with E-state index in [2.05, 4.69) is 62.3 Å². The minimum absolute atomic E-state index is 0.135. The SMILES string of the molecule is CCCC(C)(C)OC1(OC(C)(C)CCC)CC(C)CC(C)(C)C1. The lowest BCUT2D eigenvalue weighted by molar-refractivity contribution is -0.344. The van der Waals surface area contributed by atoms with Gasteiger partial charge in [0.1, 0.15) is 0 Å². The Balaban J connectivity index is 3.09. The fourth-order valence-corrected chi connectivity index (χ4v) is 4.91. The van der Waals surface area contributed by atoms with Crippen LogP contribution in [0.3, 0.4) is 0 Å². The van der Waals surface area contributed by atoms with E-state index in [1.165, 1.54) is 6.42 Å². The van der Waals surface area contributed by atoms with Crippen LogP contribution in [-0.2, 0) is 9.47 Å². The van der Waals surface area contributed by atoms with E-state index < -0.39 is 5.79 Å². The second-order valence-corrected chi connectivity index (χ2v) is 9.99. The maximum Gasteiger partial charge on any atom is 0.170 e. The van der Waals surface area contributed by atoms with Gasteiger partial charge in [-0.2, -0.15) is 0 Å². The Morgan fingerprint density at radius 2 is 1.30 bits per heavy atom. The standard InChI is InChI=1S/C21H42O2/c1-10-12-19(6,7)22-21(23-20(8,9)13-11-2)15-17(3)14-18(4,5)16-21/h17H,10-16H2,1-9H3. The fraction of sp³-hybridized carbons (Fsp3) is 1.00. The van der Waals surface area contributed by atoms with Gasteiger partial charge in [0.25, 0.3) is 0 Å². The maximum absolute atomic E-state index is 6.77. The molecule has 1 unspecified atom stereocenters. The number of hydrogen-bond acceptors (Lipinski definition) is 2. The summed E-state index contributed by atoms with van der Waals surface area (Å²) in [5.41, 5.74) is -0.00335. The molecule has 0 radical (unpaired) electrons. The van der Waals surface area contributed by atoms with E-state index in [1.807, 2.05) is 0 Å². The Morgan fingerprint density at radius 3 is 1.65 bits per heavy atom. The van der Waals surface area contributed by atoms with Gasteiger partial charge in [-0.05, 0) is 58.3 Å². The van der Waals surface area contributed by atoms with Crippen LogP contribution in [0.2, 0.25) is 0 Å². The molecule has 0 bridgehead atoms. The Bertz CT molecular complexity index is 348. The summed E-state index contributed by atoms with van der Waals surface area (Å²) < 4.78 is 13.5.